The molecule has 1 aliphatic heterocycles. The van der Waals surface area contributed by atoms with Crippen molar-refractivity contribution in [2.24, 2.45) is 0 Å². The third-order valence-corrected chi connectivity index (χ3v) is 2.67. The Balaban J connectivity index is 2.08. The van der Waals surface area contributed by atoms with Gasteiger partial charge in [-0.1, -0.05) is 5.16 Å². The average Bonchev–Trinajstić information content (AvgIpc) is 2.65. The van der Waals surface area contributed by atoms with E-state index >= 15 is 0 Å². The Morgan fingerprint density at radius 2 is 1.83 bits per heavy atom. The second kappa shape index (κ2) is 4.14. The number of aromatic hydroxyl groups is 1. The van der Waals surface area contributed by atoms with Gasteiger partial charge in [0.2, 0.25) is 5.88 Å². The number of nitrogens with zero attached hydrogens (tertiary/aromatic N) is 1. The number of ether oxygens (including phenoxy) is 2. The standard InChI is InChI=1S/C12H12N2O4/c13-12-5-8(14-18-12)7-4-10-11(6-9(7)15)17-3-1-2-16-10/h4-6,15H,1-3,13H2. The number of nitrogen functional groups attached to an aromatic ring is 1. The summed E-state index contributed by atoms with van der Waals surface area (Å²) in [6.45, 7) is 1.15. The molecule has 0 spiro atoms. The van der Waals surface area contributed by atoms with Crippen molar-refractivity contribution in [3.05, 3.63) is 18.2 Å². The SMILES string of the molecule is Nc1cc(-c2cc3c(cc2O)OCCCO3)no1. The van der Waals surface area contributed by atoms with E-state index in [1.807, 2.05) is 0 Å². The Morgan fingerprint density at radius 1 is 1.11 bits per heavy atom. The van der Waals surface area contributed by atoms with Crippen LogP contribution in [0.25, 0.3) is 11.3 Å². The monoisotopic (exact) mass is 248 g/mol. The van der Waals surface area contributed by atoms with Crippen molar-refractivity contribution in [1.29, 1.82) is 0 Å². The molecule has 0 aliphatic carbocycles. The Bertz CT molecular complexity index is 579. The fourth-order valence-electron chi connectivity index (χ4n) is 1.82. The summed E-state index contributed by atoms with van der Waals surface area (Å²) >= 11 is 0. The van der Waals surface area contributed by atoms with Crippen LogP contribution in [0.1, 0.15) is 6.42 Å². The maximum atomic E-state index is 9.96. The van der Waals surface area contributed by atoms with Crippen molar-refractivity contribution in [3.63, 3.8) is 0 Å². The minimum Gasteiger partial charge on any atom is -0.507 e. The molecule has 3 N–H and O–H groups in total. The molecular weight excluding hydrogens is 236 g/mol. The lowest BCUT2D eigenvalue weighted by molar-refractivity contribution is 0.296. The molecule has 3 rings (SSSR count). The summed E-state index contributed by atoms with van der Waals surface area (Å²) < 4.78 is 15.8. The third kappa shape index (κ3) is 1.81. The van der Waals surface area contributed by atoms with Crippen molar-refractivity contribution in [2.75, 3.05) is 18.9 Å². The highest BCUT2D eigenvalue weighted by Crippen LogP contribution is 2.40. The van der Waals surface area contributed by atoms with E-state index in [-0.39, 0.29) is 11.6 Å². The van der Waals surface area contributed by atoms with E-state index in [1.54, 1.807) is 12.1 Å². The summed E-state index contributed by atoms with van der Waals surface area (Å²) in [6.07, 6.45) is 0.807. The number of phenolic OH excluding ortho intramolecular Hbond substituents is 1. The van der Waals surface area contributed by atoms with Crippen LogP contribution in [0.4, 0.5) is 5.88 Å². The summed E-state index contributed by atoms with van der Waals surface area (Å²) in [6, 6.07) is 4.73. The van der Waals surface area contributed by atoms with Gasteiger partial charge in [-0.05, 0) is 6.07 Å². The number of hydrogen-bond acceptors (Lipinski definition) is 6. The molecule has 1 aromatic heterocycles. The normalized spacial score (nSPS) is 14.2. The number of nitrogens with two attached hydrogens (primary N) is 1. The number of phenols is 1. The number of aromatic nitrogens is 1. The van der Waals surface area contributed by atoms with Gasteiger partial charge in [0.05, 0.1) is 13.2 Å². The van der Waals surface area contributed by atoms with E-state index in [1.165, 1.54) is 6.07 Å². The topological polar surface area (TPSA) is 90.7 Å². The van der Waals surface area contributed by atoms with Gasteiger partial charge in [0, 0.05) is 24.1 Å². The molecule has 6 nitrogen and oxygen atoms in total. The first kappa shape index (κ1) is 10.8. The van der Waals surface area contributed by atoms with Crippen LogP contribution in [0.2, 0.25) is 0 Å². The molecule has 1 aromatic carbocycles. The predicted octanol–water partition coefficient (Wildman–Crippen LogP) is 1.79. The van der Waals surface area contributed by atoms with Crippen molar-refractivity contribution in [3.8, 4) is 28.5 Å². The fourth-order valence-corrected chi connectivity index (χ4v) is 1.82. The number of fused-ring (bicyclic) bond motifs is 1. The maximum Gasteiger partial charge on any atom is 0.222 e. The molecule has 0 atom stereocenters. The molecule has 2 aromatic rings. The van der Waals surface area contributed by atoms with E-state index in [0.29, 0.717) is 36.0 Å². The van der Waals surface area contributed by atoms with Gasteiger partial charge in [0.15, 0.2) is 11.5 Å². The van der Waals surface area contributed by atoms with Crippen LogP contribution < -0.4 is 15.2 Å². The number of benzene rings is 1. The summed E-state index contributed by atoms with van der Waals surface area (Å²) in [5, 5.41) is 13.7. The molecule has 2 heterocycles. The van der Waals surface area contributed by atoms with E-state index in [2.05, 4.69) is 5.16 Å². The van der Waals surface area contributed by atoms with Gasteiger partial charge < -0.3 is 24.8 Å². The van der Waals surface area contributed by atoms with Crippen LogP contribution in [-0.2, 0) is 0 Å². The summed E-state index contributed by atoms with van der Waals surface area (Å²) in [5.41, 5.74) is 6.42. The van der Waals surface area contributed by atoms with Gasteiger partial charge in [-0.25, -0.2) is 0 Å². The fraction of sp³-hybridized carbons (Fsp3) is 0.250. The largest absolute Gasteiger partial charge is 0.507 e. The van der Waals surface area contributed by atoms with Gasteiger partial charge in [0.25, 0.3) is 0 Å². The zero-order valence-electron chi connectivity index (χ0n) is 9.55. The lowest BCUT2D eigenvalue weighted by Gasteiger charge is -2.09. The highest BCUT2D eigenvalue weighted by atomic mass is 16.5. The number of anilines is 1. The van der Waals surface area contributed by atoms with Crippen molar-refractivity contribution in [2.45, 2.75) is 6.42 Å². The second-order valence-corrected chi connectivity index (χ2v) is 3.98. The van der Waals surface area contributed by atoms with E-state index < -0.39 is 0 Å². The zero-order chi connectivity index (χ0) is 12.5. The molecule has 0 bridgehead atoms. The smallest absolute Gasteiger partial charge is 0.222 e. The minimum absolute atomic E-state index is 0.0487. The Hall–Kier alpha value is -2.37. The molecule has 6 heteroatoms. The van der Waals surface area contributed by atoms with Crippen LogP contribution >= 0.6 is 0 Å². The zero-order valence-corrected chi connectivity index (χ0v) is 9.55. The molecule has 94 valence electrons. The quantitative estimate of drug-likeness (QED) is 0.799. The highest BCUT2D eigenvalue weighted by molar-refractivity contribution is 5.72. The van der Waals surface area contributed by atoms with Crippen LogP contribution in [0.3, 0.4) is 0 Å². The number of rotatable bonds is 1. The van der Waals surface area contributed by atoms with Crippen molar-refractivity contribution < 1.29 is 19.1 Å². The van der Waals surface area contributed by atoms with Gasteiger partial charge >= 0.3 is 0 Å². The third-order valence-electron chi connectivity index (χ3n) is 2.67. The molecule has 0 saturated carbocycles. The van der Waals surface area contributed by atoms with Gasteiger partial charge in [0.1, 0.15) is 11.4 Å². The lowest BCUT2D eigenvalue weighted by Crippen LogP contribution is -1.97. The van der Waals surface area contributed by atoms with Crippen molar-refractivity contribution in [1.82, 2.24) is 5.16 Å². The highest BCUT2D eigenvalue weighted by Gasteiger charge is 2.17. The Labute approximate surface area is 103 Å². The molecule has 0 fully saturated rings. The number of hydrogen-bond donors (Lipinski definition) is 2. The van der Waals surface area contributed by atoms with E-state index in [4.69, 9.17) is 19.7 Å². The van der Waals surface area contributed by atoms with Crippen LogP contribution in [0, 0.1) is 0 Å². The Morgan fingerprint density at radius 3 is 2.50 bits per heavy atom. The average molecular weight is 248 g/mol. The first-order valence-corrected chi connectivity index (χ1v) is 5.59. The molecule has 0 saturated heterocycles. The van der Waals surface area contributed by atoms with Crippen LogP contribution in [0.15, 0.2) is 22.7 Å². The molecule has 0 unspecified atom stereocenters. The lowest BCUT2D eigenvalue weighted by atomic mass is 10.1. The van der Waals surface area contributed by atoms with Gasteiger partial charge in [-0.2, -0.15) is 0 Å². The van der Waals surface area contributed by atoms with E-state index in [0.717, 1.165) is 6.42 Å². The Kier molecular flexibility index (Phi) is 2.47. The predicted molar refractivity (Wildman–Crippen MR) is 63.6 cm³/mol. The van der Waals surface area contributed by atoms with Gasteiger partial charge in [-0.15, -0.1) is 0 Å². The summed E-state index contributed by atoms with van der Waals surface area (Å²) in [5.74, 6) is 1.36. The summed E-state index contributed by atoms with van der Waals surface area (Å²) in [4.78, 5) is 0. The van der Waals surface area contributed by atoms with Crippen LogP contribution in [-0.4, -0.2) is 23.5 Å². The molecule has 18 heavy (non-hydrogen) atoms. The molecule has 0 amide bonds. The first-order valence-electron chi connectivity index (χ1n) is 5.59. The molecular formula is C12H12N2O4. The van der Waals surface area contributed by atoms with E-state index in [9.17, 15) is 5.11 Å². The second-order valence-electron chi connectivity index (χ2n) is 3.98. The molecule has 0 radical (unpaired) electrons. The minimum atomic E-state index is 0.0487. The van der Waals surface area contributed by atoms with Gasteiger partial charge in [-0.3, -0.25) is 0 Å². The van der Waals surface area contributed by atoms with Crippen LogP contribution in [0.5, 0.6) is 17.2 Å². The van der Waals surface area contributed by atoms with Crippen molar-refractivity contribution >= 4 is 5.88 Å². The maximum absolute atomic E-state index is 9.96. The molecule has 1 aliphatic rings. The first-order chi connectivity index (χ1) is 8.74. The summed E-state index contributed by atoms with van der Waals surface area (Å²) in [7, 11) is 0.